The van der Waals surface area contributed by atoms with Gasteiger partial charge in [-0.05, 0) is 19.3 Å². The molecule has 1 N–H and O–H groups in total. The maximum Gasteiger partial charge on any atom is 0.225 e. The van der Waals surface area contributed by atoms with Gasteiger partial charge in [0.15, 0.2) is 0 Å². The summed E-state index contributed by atoms with van der Waals surface area (Å²) in [6.07, 6.45) is 4.64. The van der Waals surface area contributed by atoms with Crippen LogP contribution >= 0.6 is 0 Å². The molecule has 5 nitrogen and oxygen atoms in total. The van der Waals surface area contributed by atoms with E-state index in [2.05, 4.69) is 27.1 Å². The van der Waals surface area contributed by atoms with E-state index in [1.807, 2.05) is 26.8 Å². The SMILES string of the molecule is CCc1cc(N2CCCC(NC(=O)C(C)(C)C)C2)ncn1. The van der Waals surface area contributed by atoms with E-state index in [1.54, 1.807) is 6.33 Å². The Labute approximate surface area is 127 Å². The molecule has 0 radical (unpaired) electrons. The monoisotopic (exact) mass is 290 g/mol. The quantitative estimate of drug-likeness (QED) is 0.927. The fourth-order valence-corrected chi connectivity index (χ4v) is 2.46. The predicted molar refractivity (Wildman–Crippen MR) is 84.2 cm³/mol. The van der Waals surface area contributed by atoms with Crippen LogP contribution in [0.5, 0.6) is 0 Å². The molecular weight excluding hydrogens is 264 g/mol. The second kappa shape index (κ2) is 6.41. The second-order valence-corrected chi connectivity index (χ2v) is 6.73. The van der Waals surface area contributed by atoms with Gasteiger partial charge in [-0.3, -0.25) is 4.79 Å². The molecule has 1 amide bonds. The van der Waals surface area contributed by atoms with Crippen LogP contribution in [-0.4, -0.2) is 35.0 Å². The smallest absolute Gasteiger partial charge is 0.225 e. The number of carbonyl (C=O) groups is 1. The number of amides is 1. The lowest BCUT2D eigenvalue weighted by Gasteiger charge is -2.35. The summed E-state index contributed by atoms with van der Waals surface area (Å²) >= 11 is 0. The molecule has 0 spiro atoms. The summed E-state index contributed by atoms with van der Waals surface area (Å²) in [7, 11) is 0. The Hall–Kier alpha value is -1.65. The number of carbonyl (C=O) groups excluding carboxylic acids is 1. The van der Waals surface area contributed by atoms with Crippen LogP contribution in [0.3, 0.4) is 0 Å². The average molecular weight is 290 g/mol. The minimum Gasteiger partial charge on any atom is -0.354 e. The Morgan fingerprint density at radius 3 is 2.86 bits per heavy atom. The molecule has 1 aromatic rings. The standard InChI is InChI=1S/C16H26N4O/c1-5-12-9-14(18-11-17-12)20-8-6-7-13(10-20)19-15(21)16(2,3)4/h9,11,13H,5-8,10H2,1-4H3,(H,19,21). The van der Waals surface area contributed by atoms with Gasteiger partial charge in [-0.25, -0.2) is 9.97 Å². The number of aromatic nitrogens is 2. The Kier molecular flexibility index (Phi) is 4.80. The molecule has 2 rings (SSSR count). The van der Waals surface area contributed by atoms with Crippen molar-refractivity contribution in [2.75, 3.05) is 18.0 Å². The minimum atomic E-state index is -0.341. The summed E-state index contributed by atoms with van der Waals surface area (Å²) in [5, 5.41) is 3.16. The minimum absolute atomic E-state index is 0.117. The molecule has 1 aliphatic rings. The van der Waals surface area contributed by atoms with Crippen molar-refractivity contribution in [2.24, 2.45) is 5.41 Å². The van der Waals surface area contributed by atoms with Gasteiger partial charge in [0.1, 0.15) is 12.1 Å². The summed E-state index contributed by atoms with van der Waals surface area (Å²) in [4.78, 5) is 23.0. The van der Waals surface area contributed by atoms with Gasteiger partial charge < -0.3 is 10.2 Å². The van der Waals surface area contributed by atoms with E-state index in [0.29, 0.717) is 0 Å². The van der Waals surface area contributed by atoms with E-state index in [-0.39, 0.29) is 17.4 Å². The highest BCUT2D eigenvalue weighted by atomic mass is 16.2. The van der Waals surface area contributed by atoms with Crippen LogP contribution in [-0.2, 0) is 11.2 Å². The maximum atomic E-state index is 12.1. The van der Waals surface area contributed by atoms with Crippen LogP contribution in [0.4, 0.5) is 5.82 Å². The number of nitrogens with zero attached hydrogens (tertiary/aromatic N) is 3. The highest BCUT2D eigenvalue weighted by molar-refractivity contribution is 5.81. The van der Waals surface area contributed by atoms with E-state index in [1.165, 1.54) is 0 Å². The van der Waals surface area contributed by atoms with Gasteiger partial charge in [-0.1, -0.05) is 27.7 Å². The number of nitrogens with one attached hydrogen (secondary N) is 1. The third-order valence-corrected chi connectivity index (χ3v) is 3.83. The van der Waals surface area contributed by atoms with Crippen molar-refractivity contribution in [1.82, 2.24) is 15.3 Å². The largest absolute Gasteiger partial charge is 0.354 e. The third-order valence-electron chi connectivity index (χ3n) is 3.83. The van der Waals surface area contributed by atoms with Crippen LogP contribution in [0.25, 0.3) is 0 Å². The zero-order valence-corrected chi connectivity index (χ0v) is 13.5. The molecule has 0 bridgehead atoms. The molecule has 2 heterocycles. The van der Waals surface area contributed by atoms with Crippen molar-refractivity contribution in [3.63, 3.8) is 0 Å². The molecule has 1 fully saturated rings. The highest BCUT2D eigenvalue weighted by Crippen LogP contribution is 2.20. The van der Waals surface area contributed by atoms with Crippen LogP contribution < -0.4 is 10.2 Å². The molecular formula is C16H26N4O. The molecule has 116 valence electrons. The summed E-state index contributed by atoms with van der Waals surface area (Å²) in [5.74, 6) is 1.09. The van der Waals surface area contributed by atoms with Crippen molar-refractivity contribution in [3.05, 3.63) is 18.1 Å². The molecule has 1 saturated heterocycles. The lowest BCUT2D eigenvalue weighted by atomic mass is 9.94. The summed E-state index contributed by atoms with van der Waals surface area (Å²) in [6, 6.07) is 2.25. The van der Waals surface area contributed by atoms with Crippen molar-refractivity contribution in [1.29, 1.82) is 0 Å². The Bertz CT molecular complexity index is 495. The van der Waals surface area contributed by atoms with Gasteiger partial charge in [-0.2, -0.15) is 0 Å². The number of hydrogen-bond donors (Lipinski definition) is 1. The van der Waals surface area contributed by atoms with Gasteiger partial charge in [0.25, 0.3) is 0 Å². The first-order chi connectivity index (χ1) is 9.90. The molecule has 0 aliphatic carbocycles. The number of anilines is 1. The fraction of sp³-hybridized carbons (Fsp3) is 0.688. The summed E-state index contributed by atoms with van der Waals surface area (Å²) in [5.41, 5.74) is 0.716. The van der Waals surface area contributed by atoms with E-state index in [0.717, 1.165) is 43.9 Å². The molecule has 21 heavy (non-hydrogen) atoms. The summed E-state index contributed by atoms with van der Waals surface area (Å²) in [6.45, 7) is 9.74. The van der Waals surface area contributed by atoms with Crippen molar-refractivity contribution >= 4 is 11.7 Å². The lowest BCUT2D eigenvalue weighted by Crippen LogP contribution is -2.50. The van der Waals surface area contributed by atoms with E-state index < -0.39 is 0 Å². The van der Waals surface area contributed by atoms with Crippen LogP contribution in [0.15, 0.2) is 12.4 Å². The van der Waals surface area contributed by atoms with Crippen LogP contribution in [0.1, 0.15) is 46.2 Å². The van der Waals surface area contributed by atoms with Crippen molar-refractivity contribution in [2.45, 2.75) is 53.0 Å². The van der Waals surface area contributed by atoms with Gasteiger partial charge in [0, 0.05) is 36.3 Å². The number of aryl methyl sites for hydroxylation is 1. The third kappa shape index (κ3) is 4.16. The molecule has 1 atom stereocenters. The first kappa shape index (κ1) is 15.7. The van der Waals surface area contributed by atoms with Gasteiger partial charge in [-0.15, -0.1) is 0 Å². The topological polar surface area (TPSA) is 58.1 Å². The lowest BCUT2D eigenvalue weighted by molar-refractivity contribution is -0.129. The Morgan fingerprint density at radius 1 is 1.43 bits per heavy atom. The molecule has 0 aromatic carbocycles. The molecule has 5 heteroatoms. The Morgan fingerprint density at radius 2 is 2.19 bits per heavy atom. The van der Waals surface area contributed by atoms with Crippen molar-refractivity contribution in [3.8, 4) is 0 Å². The Balaban J connectivity index is 2.02. The van der Waals surface area contributed by atoms with Crippen LogP contribution in [0.2, 0.25) is 0 Å². The normalized spacial score (nSPS) is 19.4. The predicted octanol–water partition coefficient (Wildman–Crippen LogP) is 2.17. The molecule has 1 aromatic heterocycles. The molecule has 1 unspecified atom stereocenters. The first-order valence-electron chi connectivity index (χ1n) is 7.77. The van der Waals surface area contributed by atoms with Crippen molar-refractivity contribution < 1.29 is 4.79 Å². The number of hydrogen-bond acceptors (Lipinski definition) is 4. The maximum absolute atomic E-state index is 12.1. The zero-order chi connectivity index (χ0) is 15.5. The highest BCUT2D eigenvalue weighted by Gasteiger charge is 2.27. The fourth-order valence-electron chi connectivity index (χ4n) is 2.46. The average Bonchev–Trinajstić information content (AvgIpc) is 2.46. The van der Waals surface area contributed by atoms with Gasteiger partial charge in [0.2, 0.25) is 5.91 Å². The van der Waals surface area contributed by atoms with Gasteiger partial charge >= 0.3 is 0 Å². The first-order valence-corrected chi connectivity index (χ1v) is 7.77. The van der Waals surface area contributed by atoms with Crippen LogP contribution in [0, 0.1) is 5.41 Å². The van der Waals surface area contributed by atoms with E-state index in [9.17, 15) is 4.79 Å². The number of rotatable bonds is 3. The van der Waals surface area contributed by atoms with E-state index in [4.69, 9.17) is 0 Å². The summed E-state index contributed by atoms with van der Waals surface area (Å²) < 4.78 is 0. The zero-order valence-electron chi connectivity index (χ0n) is 13.5. The van der Waals surface area contributed by atoms with Gasteiger partial charge in [0.05, 0.1) is 0 Å². The molecule has 1 aliphatic heterocycles. The second-order valence-electron chi connectivity index (χ2n) is 6.73. The van der Waals surface area contributed by atoms with E-state index >= 15 is 0 Å². The molecule has 0 saturated carbocycles. The number of piperidine rings is 1.